The normalized spacial score (nSPS) is 10.8. The molecule has 16 heavy (non-hydrogen) atoms. The van der Waals surface area contributed by atoms with Crippen LogP contribution < -0.4 is 0 Å². The zero-order chi connectivity index (χ0) is 12.1. The fourth-order valence-electron chi connectivity index (χ4n) is 1.52. The molecule has 1 aromatic rings. The van der Waals surface area contributed by atoms with E-state index in [0.29, 0.717) is 17.4 Å². The highest BCUT2D eigenvalue weighted by molar-refractivity contribution is 9.10. The third-order valence-electron chi connectivity index (χ3n) is 2.42. The summed E-state index contributed by atoms with van der Waals surface area (Å²) >= 11 is 9.19. The van der Waals surface area contributed by atoms with E-state index < -0.39 is 0 Å². The van der Waals surface area contributed by atoms with Gasteiger partial charge in [-0.25, -0.2) is 0 Å². The summed E-state index contributed by atoms with van der Waals surface area (Å²) in [5.74, 6) is 0.839. The molecule has 0 atom stereocenters. The first kappa shape index (κ1) is 13.7. The number of Topliss-reactive ketones (excluding diaryl/α,β-unsaturated/α-hetero) is 1. The number of carbonyl (C=O) groups is 1. The Hall–Kier alpha value is -0.340. The molecular weight excluding hydrogens is 287 g/mol. The number of carbonyl (C=O) groups excluding carboxylic acids is 1. The molecule has 0 aliphatic heterocycles. The van der Waals surface area contributed by atoms with E-state index in [9.17, 15) is 4.79 Å². The predicted octanol–water partition coefficient (Wildman–Crippen LogP) is 5.11. The van der Waals surface area contributed by atoms with Gasteiger partial charge in [0.25, 0.3) is 0 Å². The quantitative estimate of drug-likeness (QED) is 0.691. The Morgan fingerprint density at radius 3 is 2.69 bits per heavy atom. The third-order valence-corrected chi connectivity index (χ3v) is 3.31. The highest BCUT2D eigenvalue weighted by atomic mass is 79.9. The van der Waals surface area contributed by atoms with Crippen molar-refractivity contribution in [2.24, 2.45) is 5.92 Å². The minimum atomic E-state index is 0.184. The van der Waals surface area contributed by atoms with E-state index in [1.54, 1.807) is 18.2 Å². The number of hydrogen-bond donors (Lipinski definition) is 0. The zero-order valence-corrected chi connectivity index (χ0v) is 11.9. The molecule has 0 fully saturated rings. The molecule has 0 amide bonds. The molecule has 0 unspecified atom stereocenters. The van der Waals surface area contributed by atoms with Gasteiger partial charge in [0.05, 0.1) is 0 Å². The van der Waals surface area contributed by atoms with Gasteiger partial charge < -0.3 is 0 Å². The third kappa shape index (κ3) is 4.26. The summed E-state index contributed by atoms with van der Waals surface area (Å²) in [7, 11) is 0. The van der Waals surface area contributed by atoms with Crippen molar-refractivity contribution in [2.75, 3.05) is 0 Å². The summed E-state index contributed by atoms with van der Waals surface area (Å²) in [6, 6.07) is 5.29. The van der Waals surface area contributed by atoms with Gasteiger partial charge >= 0.3 is 0 Å². The summed E-state index contributed by atoms with van der Waals surface area (Å²) in [6.07, 6.45) is 2.65. The Balaban J connectivity index is 2.59. The molecule has 1 rings (SSSR count). The van der Waals surface area contributed by atoms with Crippen molar-refractivity contribution in [3.63, 3.8) is 0 Å². The number of halogens is 2. The van der Waals surface area contributed by atoms with Gasteiger partial charge in [-0.05, 0) is 46.5 Å². The van der Waals surface area contributed by atoms with Gasteiger partial charge in [-0.1, -0.05) is 31.9 Å². The molecule has 0 N–H and O–H groups in total. The van der Waals surface area contributed by atoms with Crippen molar-refractivity contribution >= 4 is 33.3 Å². The summed E-state index contributed by atoms with van der Waals surface area (Å²) < 4.78 is 0.787. The Kier molecular flexibility index (Phi) is 5.50. The monoisotopic (exact) mass is 302 g/mol. The molecule has 0 spiro atoms. The number of rotatable bonds is 5. The van der Waals surface area contributed by atoms with Crippen LogP contribution in [0.4, 0.5) is 0 Å². The number of benzene rings is 1. The van der Waals surface area contributed by atoms with Crippen LogP contribution >= 0.6 is 27.5 Å². The lowest BCUT2D eigenvalue weighted by molar-refractivity contribution is 0.0977. The lowest BCUT2D eigenvalue weighted by Crippen LogP contribution is -2.01. The maximum Gasteiger partial charge on any atom is 0.164 e. The molecule has 0 saturated carbocycles. The second kappa shape index (κ2) is 6.41. The SMILES string of the molecule is CC(C)CCCC(=O)c1ccc(Cl)cc1Br. The Bertz CT molecular complexity index is 374. The van der Waals surface area contributed by atoms with Crippen LogP contribution in [-0.4, -0.2) is 5.78 Å². The van der Waals surface area contributed by atoms with Crippen LogP contribution in [0.1, 0.15) is 43.5 Å². The first-order valence-electron chi connectivity index (χ1n) is 5.49. The van der Waals surface area contributed by atoms with Crippen LogP contribution in [-0.2, 0) is 0 Å². The van der Waals surface area contributed by atoms with Crippen LogP contribution in [0.5, 0.6) is 0 Å². The van der Waals surface area contributed by atoms with Crippen LogP contribution in [0.2, 0.25) is 5.02 Å². The van der Waals surface area contributed by atoms with E-state index in [-0.39, 0.29) is 5.78 Å². The van der Waals surface area contributed by atoms with Crippen LogP contribution in [0.25, 0.3) is 0 Å². The molecule has 0 saturated heterocycles. The largest absolute Gasteiger partial charge is 0.294 e. The summed E-state index contributed by atoms with van der Waals surface area (Å²) in [5.41, 5.74) is 0.730. The predicted molar refractivity (Wildman–Crippen MR) is 72.2 cm³/mol. The molecule has 88 valence electrons. The molecule has 3 heteroatoms. The Morgan fingerprint density at radius 1 is 1.44 bits per heavy atom. The van der Waals surface area contributed by atoms with Crippen LogP contribution in [0, 0.1) is 5.92 Å². The average Bonchev–Trinajstić information content (AvgIpc) is 2.16. The van der Waals surface area contributed by atoms with Gasteiger partial charge in [-0.15, -0.1) is 0 Å². The van der Waals surface area contributed by atoms with E-state index in [0.717, 1.165) is 22.9 Å². The number of hydrogen-bond acceptors (Lipinski definition) is 1. The highest BCUT2D eigenvalue weighted by Gasteiger charge is 2.10. The zero-order valence-electron chi connectivity index (χ0n) is 9.59. The summed E-state index contributed by atoms with van der Waals surface area (Å²) in [4.78, 5) is 11.9. The standard InChI is InChI=1S/C13H16BrClO/c1-9(2)4-3-5-13(16)11-7-6-10(15)8-12(11)14/h6-9H,3-5H2,1-2H3. The van der Waals surface area contributed by atoms with E-state index in [4.69, 9.17) is 11.6 Å². The molecule has 0 heterocycles. The van der Waals surface area contributed by atoms with Crippen molar-refractivity contribution in [1.82, 2.24) is 0 Å². The molecule has 1 nitrogen and oxygen atoms in total. The van der Waals surface area contributed by atoms with Gasteiger partial charge in [0.15, 0.2) is 5.78 Å². The Labute approximate surface area is 110 Å². The molecular formula is C13H16BrClO. The molecule has 0 aliphatic rings. The molecule has 1 aromatic carbocycles. The molecule has 0 aliphatic carbocycles. The van der Waals surface area contributed by atoms with Crippen LogP contribution in [0.15, 0.2) is 22.7 Å². The lowest BCUT2D eigenvalue weighted by atomic mass is 10.0. The average molecular weight is 304 g/mol. The molecule has 0 aromatic heterocycles. The highest BCUT2D eigenvalue weighted by Crippen LogP contribution is 2.23. The van der Waals surface area contributed by atoms with Gasteiger partial charge in [0, 0.05) is 21.5 Å². The lowest BCUT2D eigenvalue weighted by Gasteiger charge is -2.06. The van der Waals surface area contributed by atoms with Crippen molar-refractivity contribution in [3.05, 3.63) is 33.3 Å². The first-order valence-corrected chi connectivity index (χ1v) is 6.66. The maximum absolute atomic E-state index is 11.9. The minimum absolute atomic E-state index is 0.184. The van der Waals surface area contributed by atoms with Gasteiger partial charge in [0.1, 0.15) is 0 Å². The van der Waals surface area contributed by atoms with E-state index in [1.165, 1.54) is 0 Å². The van der Waals surface area contributed by atoms with Crippen molar-refractivity contribution in [2.45, 2.75) is 33.1 Å². The van der Waals surface area contributed by atoms with Gasteiger partial charge in [-0.2, -0.15) is 0 Å². The minimum Gasteiger partial charge on any atom is -0.294 e. The van der Waals surface area contributed by atoms with Crippen LogP contribution in [0.3, 0.4) is 0 Å². The number of ketones is 1. The second-order valence-corrected chi connectivity index (χ2v) is 5.62. The summed E-state index contributed by atoms with van der Waals surface area (Å²) in [5, 5.41) is 0.644. The first-order chi connectivity index (χ1) is 7.50. The maximum atomic E-state index is 11.9. The smallest absolute Gasteiger partial charge is 0.164 e. The topological polar surface area (TPSA) is 17.1 Å². The summed E-state index contributed by atoms with van der Waals surface area (Å²) in [6.45, 7) is 4.34. The molecule has 0 radical (unpaired) electrons. The van der Waals surface area contributed by atoms with Crippen molar-refractivity contribution < 1.29 is 4.79 Å². The fourth-order valence-corrected chi connectivity index (χ4v) is 2.42. The van der Waals surface area contributed by atoms with Crippen molar-refractivity contribution in [1.29, 1.82) is 0 Å². The van der Waals surface area contributed by atoms with Gasteiger partial charge in [-0.3, -0.25) is 4.79 Å². The van der Waals surface area contributed by atoms with E-state index >= 15 is 0 Å². The van der Waals surface area contributed by atoms with Crippen molar-refractivity contribution in [3.8, 4) is 0 Å². The molecule has 0 bridgehead atoms. The van der Waals surface area contributed by atoms with Gasteiger partial charge in [0.2, 0.25) is 0 Å². The van der Waals surface area contributed by atoms with E-state index in [1.807, 2.05) is 0 Å². The second-order valence-electron chi connectivity index (χ2n) is 4.33. The fraction of sp³-hybridized carbons (Fsp3) is 0.462. The van der Waals surface area contributed by atoms with E-state index in [2.05, 4.69) is 29.8 Å². The Morgan fingerprint density at radius 2 is 2.12 bits per heavy atom.